The van der Waals surface area contributed by atoms with Gasteiger partial charge < -0.3 is 14.2 Å². The summed E-state index contributed by atoms with van der Waals surface area (Å²) < 4.78 is 41.1. The van der Waals surface area contributed by atoms with Gasteiger partial charge in [0.05, 0.1) is 13.5 Å². The average molecular weight is 305 g/mol. The fourth-order valence-electron chi connectivity index (χ4n) is 1.27. The molecule has 0 heterocycles. The molecular formula is C11H12FNO6S. The van der Waals surface area contributed by atoms with Crippen LogP contribution in [0, 0.1) is 0 Å². The van der Waals surface area contributed by atoms with Gasteiger partial charge in [-0.2, -0.15) is 8.42 Å². The lowest BCUT2D eigenvalue weighted by Gasteiger charge is -2.05. The number of carbonyl (C=O) groups is 2. The number of hydrogen-bond donors (Lipinski definition) is 1. The number of benzene rings is 1. The maximum Gasteiger partial charge on any atom is 0.488 e. The lowest BCUT2D eigenvalue weighted by Crippen LogP contribution is -2.31. The fourth-order valence-corrected chi connectivity index (χ4v) is 1.61. The Morgan fingerprint density at radius 2 is 1.85 bits per heavy atom. The van der Waals surface area contributed by atoms with E-state index < -0.39 is 22.4 Å². The van der Waals surface area contributed by atoms with Crippen LogP contribution in [-0.2, 0) is 31.3 Å². The van der Waals surface area contributed by atoms with Gasteiger partial charge >= 0.3 is 16.5 Å². The molecule has 0 atom stereocenters. The Hall–Kier alpha value is -2.16. The maximum absolute atomic E-state index is 12.2. The number of methoxy groups -OCH3 is 1. The minimum atomic E-state index is -5.06. The second kappa shape index (κ2) is 6.85. The normalized spacial score (nSPS) is 10.7. The molecular weight excluding hydrogens is 293 g/mol. The molecule has 0 saturated carbocycles. The maximum atomic E-state index is 12.2. The Bertz CT molecular complexity index is 583. The third-order valence-corrected chi connectivity index (χ3v) is 2.53. The van der Waals surface area contributed by atoms with E-state index in [1.807, 2.05) is 0 Å². The second-order valence-electron chi connectivity index (χ2n) is 3.65. The third kappa shape index (κ3) is 6.14. The number of nitrogens with one attached hydrogen (secondary N) is 1. The van der Waals surface area contributed by atoms with Crippen molar-refractivity contribution in [2.75, 3.05) is 13.7 Å². The molecule has 0 radical (unpaired) electrons. The van der Waals surface area contributed by atoms with Gasteiger partial charge in [-0.15, -0.1) is 0 Å². The Labute approximate surface area is 115 Å². The Balaban J connectivity index is 2.53. The number of amides is 1. The van der Waals surface area contributed by atoms with Crippen LogP contribution in [0.3, 0.4) is 0 Å². The van der Waals surface area contributed by atoms with Crippen molar-refractivity contribution in [3.8, 4) is 5.75 Å². The van der Waals surface area contributed by atoms with Crippen LogP contribution >= 0.6 is 0 Å². The molecule has 7 nitrogen and oxygen atoms in total. The molecule has 0 saturated heterocycles. The molecule has 1 aromatic carbocycles. The topological polar surface area (TPSA) is 98.8 Å². The molecule has 0 bridgehead atoms. The summed E-state index contributed by atoms with van der Waals surface area (Å²) in [5, 5.41) is 2.33. The van der Waals surface area contributed by atoms with Crippen molar-refractivity contribution in [1.29, 1.82) is 0 Å². The van der Waals surface area contributed by atoms with E-state index in [1.54, 1.807) is 0 Å². The number of ether oxygens (including phenoxy) is 1. The average Bonchev–Trinajstić information content (AvgIpc) is 2.36. The zero-order valence-electron chi connectivity index (χ0n) is 10.5. The summed E-state index contributed by atoms with van der Waals surface area (Å²) in [7, 11) is -3.86. The van der Waals surface area contributed by atoms with Crippen molar-refractivity contribution in [3.63, 3.8) is 0 Å². The molecule has 0 fully saturated rings. The van der Waals surface area contributed by atoms with Crippen LogP contribution in [0.5, 0.6) is 5.75 Å². The molecule has 1 amide bonds. The largest absolute Gasteiger partial charge is 0.488 e. The number of esters is 1. The number of carbonyl (C=O) groups excluding carboxylic acids is 2. The summed E-state index contributed by atoms with van der Waals surface area (Å²) in [6, 6.07) is 5.22. The van der Waals surface area contributed by atoms with Gasteiger partial charge in [-0.25, -0.2) is 0 Å². The second-order valence-corrected chi connectivity index (χ2v) is 4.60. The van der Waals surface area contributed by atoms with Crippen LogP contribution < -0.4 is 9.50 Å². The lowest BCUT2D eigenvalue weighted by molar-refractivity contribution is -0.141. The van der Waals surface area contributed by atoms with Crippen LogP contribution in [0.4, 0.5) is 3.89 Å². The number of rotatable bonds is 6. The first-order valence-corrected chi connectivity index (χ1v) is 6.67. The summed E-state index contributed by atoms with van der Waals surface area (Å²) in [6.45, 7) is -0.239. The molecule has 9 heteroatoms. The number of halogens is 1. The highest BCUT2D eigenvalue weighted by atomic mass is 32.3. The molecule has 0 aromatic heterocycles. The van der Waals surface area contributed by atoms with E-state index in [0.29, 0.717) is 5.56 Å². The smallest absolute Gasteiger partial charge is 0.468 e. The van der Waals surface area contributed by atoms with Crippen molar-refractivity contribution in [2.24, 2.45) is 0 Å². The van der Waals surface area contributed by atoms with E-state index in [2.05, 4.69) is 14.2 Å². The third-order valence-electron chi connectivity index (χ3n) is 2.14. The van der Waals surface area contributed by atoms with Crippen molar-refractivity contribution < 1.29 is 30.8 Å². The Morgan fingerprint density at radius 1 is 1.25 bits per heavy atom. The van der Waals surface area contributed by atoms with Gasteiger partial charge in [0.15, 0.2) is 0 Å². The van der Waals surface area contributed by atoms with Gasteiger partial charge in [0, 0.05) is 0 Å². The molecule has 0 spiro atoms. The molecule has 0 aliphatic rings. The zero-order valence-corrected chi connectivity index (χ0v) is 11.3. The molecule has 1 N–H and O–H groups in total. The van der Waals surface area contributed by atoms with Gasteiger partial charge in [-0.1, -0.05) is 16.0 Å². The van der Waals surface area contributed by atoms with Crippen molar-refractivity contribution in [3.05, 3.63) is 29.8 Å². The zero-order chi connectivity index (χ0) is 15.2. The van der Waals surface area contributed by atoms with Crippen molar-refractivity contribution >= 4 is 22.4 Å². The van der Waals surface area contributed by atoms with E-state index in [-0.39, 0.29) is 18.7 Å². The SMILES string of the molecule is COC(=O)CNC(=O)Cc1ccc(OS(=O)(=O)F)cc1. The van der Waals surface area contributed by atoms with Crippen LogP contribution in [0.15, 0.2) is 24.3 Å². The van der Waals surface area contributed by atoms with Crippen LogP contribution in [0.25, 0.3) is 0 Å². The summed E-state index contributed by atoms with van der Waals surface area (Å²) in [4.78, 5) is 22.2. The fraction of sp³-hybridized carbons (Fsp3) is 0.273. The van der Waals surface area contributed by atoms with Gasteiger partial charge in [0.2, 0.25) is 5.91 Å². The molecule has 1 aromatic rings. The highest BCUT2D eigenvalue weighted by molar-refractivity contribution is 7.81. The standard InChI is InChI=1S/C11H12FNO6S/c1-18-11(15)7-13-10(14)6-8-2-4-9(5-3-8)19-20(12,16)17/h2-5H,6-7H2,1H3,(H,13,14). The van der Waals surface area contributed by atoms with Gasteiger partial charge in [-0.05, 0) is 17.7 Å². The predicted octanol–water partition coefficient (Wildman–Crippen LogP) is 0.111. The van der Waals surface area contributed by atoms with E-state index in [9.17, 15) is 21.9 Å². The molecule has 20 heavy (non-hydrogen) atoms. The highest BCUT2D eigenvalue weighted by Crippen LogP contribution is 2.15. The van der Waals surface area contributed by atoms with Gasteiger partial charge in [-0.3, -0.25) is 9.59 Å². The Kier molecular flexibility index (Phi) is 5.44. The van der Waals surface area contributed by atoms with Crippen molar-refractivity contribution in [2.45, 2.75) is 6.42 Å². The minimum absolute atomic E-state index is 0.0281. The molecule has 0 aliphatic carbocycles. The highest BCUT2D eigenvalue weighted by Gasteiger charge is 2.10. The summed E-state index contributed by atoms with van der Waals surface area (Å²) in [6.07, 6.45) is -0.0281. The first-order chi connectivity index (χ1) is 9.30. The summed E-state index contributed by atoms with van der Waals surface area (Å²) in [5.41, 5.74) is 0.538. The van der Waals surface area contributed by atoms with Gasteiger partial charge in [0.25, 0.3) is 0 Å². The van der Waals surface area contributed by atoms with E-state index >= 15 is 0 Å². The quantitative estimate of drug-likeness (QED) is 0.591. The lowest BCUT2D eigenvalue weighted by atomic mass is 10.1. The van der Waals surface area contributed by atoms with Gasteiger partial charge in [0.1, 0.15) is 12.3 Å². The molecule has 0 unspecified atom stereocenters. The van der Waals surface area contributed by atoms with E-state index in [1.165, 1.54) is 31.4 Å². The van der Waals surface area contributed by atoms with E-state index in [4.69, 9.17) is 0 Å². The van der Waals surface area contributed by atoms with E-state index in [0.717, 1.165) is 0 Å². The molecule has 110 valence electrons. The summed E-state index contributed by atoms with van der Waals surface area (Å²) >= 11 is 0. The van der Waals surface area contributed by atoms with Crippen molar-refractivity contribution in [1.82, 2.24) is 5.32 Å². The van der Waals surface area contributed by atoms with Crippen LogP contribution in [-0.4, -0.2) is 33.9 Å². The summed E-state index contributed by atoms with van der Waals surface area (Å²) in [5.74, 6) is -1.19. The first kappa shape index (κ1) is 15.9. The minimum Gasteiger partial charge on any atom is -0.468 e. The Morgan fingerprint density at radius 3 is 2.35 bits per heavy atom. The first-order valence-electron chi connectivity index (χ1n) is 5.36. The monoisotopic (exact) mass is 305 g/mol. The molecule has 1 rings (SSSR count). The van der Waals surface area contributed by atoms with Crippen LogP contribution in [0.1, 0.15) is 5.56 Å². The number of hydrogen-bond acceptors (Lipinski definition) is 6. The van der Waals surface area contributed by atoms with Crippen LogP contribution in [0.2, 0.25) is 0 Å². The molecule has 0 aliphatic heterocycles. The predicted molar refractivity (Wildman–Crippen MR) is 65.8 cm³/mol.